The van der Waals surface area contributed by atoms with Gasteiger partial charge in [-0.05, 0) is 5.56 Å². The van der Waals surface area contributed by atoms with Crippen LogP contribution in [-0.4, -0.2) is 77.0 Å². The van der Waals surface area contributed by atoms with E-state index >= 15 is 0 Å². The summed E-state index contributed by atoms with van der Waals surface area (Å²) in [6.45, 7) is -0.0111. The molecule has 3 amide bonds. The van der Waals surface area contributed by atoms with Gasteiger partial charge in [0.05, 0.1) is 19.0 Å². The SMILES string of the molecule is O=C(NC(Cc1cnc[nH]1)C(=O)NC(Cc1cnc[nH]1)C(=O)NC(Cc1cnc[nH]1)C(=O)O)OCc1ccccc1. The van der Waals surface area contributed by atoms with Gasteiger partial charge in [0, 0.05) is 54.9 Å². The van der Waals surface area contributed by atoms with Crippen molar-refractivity contribution in [2.45, 2.75) is 44.0 Å². The van der Waals surface area contributed by atoms with Crippen molar-refractivity contribution in [1.82, 2.24) is 45.9 Å². The highest BCUT2D eigenvalue weighted by molar-refractivity contribution is 5.93. The number of ether oxygens (including phenoxy) is 1. The molecular weight excluding hydrogens is 534 g/mol. The van der Waals surface area contributed by atoms with Crippen LogP contribution in [-0.2, 0) is 45.0 Å². The highest BCUT2D eigenvalue weighted by Gasteiger charge is 2.31. The molecule has 0 bridgehead atoms. The first-order chi connectivity index (χ1) is 19.9. The summed E-state index contributed by atoms with van der Waals surface area (Å²) in [5.74, 6) is -2.71. The summed E-state index contributed by atoms with van der Waals surface area (Å²) < 4.78 is 5.27. The normalized spacial score (nSPS) is 13.0. The molecule has 0 saturated carbocycles. The van der Waals surface area contributed by atoms with Gasteiger partial charge in [0.2, 0.25) is 11.8 Å². The van der Waals surface area contributed by atoms with Crippen LogP contribution in [0.4, 0.5) is 4.79 Å². The summed E-state index contributed by atoms with van der Waals surface area (Å²) in [7, 11) is 0. The van der Waals surface area contributed by atoms with Crippen LogP contribution in [0.3, 0.4) is 0 Å². The maximum Gasteiger partial charge on any atom is 0.408 e. The summed E-state index contributed by atoms with van der Waals surface area (Å²) in [4.78, 5) is 71.5. The van der Waals surface area contributed by atoms with E-state index in [1.165, 1.54) is 37.6 Å². The minimum atomic E-state index is -1.30. The summed E-state index contributed by atoms with van der Waals surface area (Å²) in [5.41, 5.74) is 2.33. The summed E-state index contributed by atoms with van der Waals surface area (Å²) in [6, 6.07) is 5.36. The third kappa shape index (κ3) is 8.77. The number of nitrogens with zero attached hydrogens (tertiary/aromatic N) is 3. The van der Waals surface area contributed by atoms with Crippen molar-refractivity contribution in [2.75, 3.05) is 0 Å². The van der Waals surface area contributed by atoms with Gasteiger partial charge in [-0.15, -0.1) is 0 Å². The second-order valence-electron chi connectivity index (χ2n) is 9.06. The van der Waals surface area contributed by atoms with Crippen molar-refractivity contribution in [3.8, 4) is 0 Å². The molecule has 4 aromatic rings. The van der Waals surface area contributed by atoms with Crippen molar-refractivity contribution in [1.29, 1.82) is 0 Å². The van der Waals surface area contributed by atoms with E-state index in [1.54, 1.807) is 24.3 Å². The van der Waals surface area contributed by atoms with E-state index in [-0.39, 0.29) is 25.9 Å². The first-order valence-corrected chi connectivity index (χ1v) is 12.6. The second-order valence-corrected chi connectivity index (χ2v) is 9.06. The number of hydrogen-bond donors (Lipinski definition) is 7. The quantitative estimate of drug-likeness (QED) is 0.111. The number of aliphatic carboxylic acids is 1. The van der Waals surface area contributed by atoms with Crippen LogP contribution in [0.2, 0.25) is 0 Å². The maximum atomic E-state index is 13.4. The van der Waals surface area contributed by atoms with Crippen molar-refractivity contribution < 1.29 is 29.0 Å². The Kier molecular flexibility index (Phi) is 9.79. The van der Waals surface area contributed by atoms with Gasteiger partial charge in [0.15, 0.2) is 0 Å². The van der Waals surface area contributed by atoms with Crippen LogP contribution in [0.5, 0.6) is 0 Å². The molecule has 15 nitrogen and oxygen atoms in total. The number of alkyl carbamates (subject to hydrolysis) is 1. The van der Waals surface area contributed by atoms with Gasteiger partial charge >= 0.3 is 12.1 Å². The van der Waals surface area contributed by atoms with E-state index in [9.17, 15) is 24.3 Å². The van der Waals surface area contributed by atoms with Crippen LogP contribution >= 0.6 is 0 Å². The highest BCUT2D eigenvalue weighted by Crippen LogP contribution is 2.07. The predicted octanol–water partition coefficient (Wildman–Crippen LogP) is 0.233. The van der Waals surface area contributed by atoms with Crippen LogP contribution in [0.1, 0.15) is 22.6 Å². The molecule has 3 unspecified atom stereocenters. The van der Waals surface area contributed by atoms with E-state index in [1.807, 2.05) is 6.07 Å². The molecule has 0 aliphatic rings. The Hall–Kier alpha value is -5.47. The number of carbonyl (C=O) groups excluding carboxylic acids is 3. The van der Waals surface area contributed by atoms with E-state index < -0.39 is 42.0 Å². The molecule has 3 aromatic heterocycles. The Morgan fingerprint density at radius 1 is 0.707 bits per heavy atom. The number of carboxylic acids is 1. The lowest BCUT2D eigenvalue weighted by Gasteiger charge is -2.24. The standard InChI is InChI=1S/C26H29N9O6/c36-23(34-22(25(38)39)8-19-11-29-15-32-19)20(6-17-9-27-13-30-17)33-24(37)21(7-18-10-28-14-31-18)35-26(40)41-12-16-4-2-1-3-5-16/h1-5,9-11,13-15,20-22H,6-8,12H2,(H,27,30)(H,28,31)(H,29,32)(H,33,37)(H,34,36)(H,35,40)(H,38,39). The molecule has 41 heavy (non-hydrogen) atoms. The molecule has 7 N–H and O–H groups in total. The van der Waals surface area contributed by atoms with Crippen LogP contribution in [0.25, 0.3) is 0 Å². The Balaban J connectivity index is 1.47. The number of H-pyrrole nitrogens is 3. The van der Waals surface area contributed by atoms with Gasteiger partial charge in [-0.3, -0.25) is 9.59 Å². The molecule has 214 valence electrons. The Morgan fingerprint density at radius 3 is 1.63 bits per heavy atom. The number of benzene rings is 1. The highest BCUT2D eigenvalue weighted by atomic mass is 16.5. The number of nitrogens with one attached hydrogen (secondary N) is 6. The van der Waals surface area contributed by atoms with Crippen LogP contribution in [0, 0.1) is 0 Å². The molecule has 0 saturated heterocycles. The lowest BCUT2D eigenvalue weighted by molar-refractivity contribution is -0.142. The van der Waals surface area contributed by atoms with E-state index in [4.69, 9.17) is 4.74 Å². The monoisotopic (exact) mass is 563 g/mol. The average molecular weight is 564 g/mol. The molecule has 0 aliphatic carbocycles. The Morgan fingerprint density at radius 2 is 1.17 bits per heavy atom. The largest absolute Gasteiger partial charge is 0.480 e. The van der Waals surface area contributed by atoms with Gasteiger partial charge in [0.25, 0.3) is 0 Å². The molecule has 3 atom stereocenters. The molecule has 15 heteroatoms. The van der Waals surface area contributed by atoms with E-state index in [0.717, 1.165) is 5.56 Å². The van der Waals surface area contributed by atoms with E-state index in [0.29, 0.717) is 17.1 Å². The van der Waals surface area contributed by atoms with Crippen molar-refractivity contribution in [3.63, 3.8) is 0 Å². The zero-order valence-corrected chi connectivity index (χ0v) is 21.7. The zero-order chi connectivity index (χ0) is 29.0. The molecule has 0 fully saturated rings. The van der Waals surface area contributed by atoms with Crippen molar-refractivity contribution in [3.05, 3.63) is 90.5 Å². The van der Waals surface area contributed by atoms with Gasteiger partial charge < -0.3 is 40.7 Å². The lowest BCUT2D eigenvalue weighted by atomic mass is 10.1. The maximum absolute atomic E-state index is 13.4. The summed E-state index contributed by atoms with van der Waals surface area (Å²) >= 11 is 0. The van der Waals surface area contributed by atoms with Crippen LogP contribution in [0.15, 0.2) is 67.9 Å². The molecule has 3 heterocycles. The van der Waals surface area contributed by atoms with Crippen molar-refractivity contribution in [2.24, 2.45) is 0 Å². The third-order valence-corrected chi connectivity index (χ3v) is 6.01. The fraction of sp³-hybridized carbons (Fsp3) is 0.269. The number of amides is 3. The van der Waals surface area contributed by atoms with Gasteiger partial charge in [-0.1, -0.05) is 30.3 Å². The molecule has 0 aliphatic heterocycles. The Bertz CT molecular complexity index is 1390. The topological polar surface area (TPSA) is 220 Å². The minimum Gasteiger partial charge on any atom is -0.480 e. The first kappa shape index (κ1) is 28.5. The number of rotatable bonds is 14. The Labute approximate surface area is 233 Å². The smallest absolute Gasteiger partial charge is 0.408 e. The number of carboxylic acid groups (broad SMARTS) is 1. The second kappa shape index (κ2) is 14.1. The minimum absolute atomic E-state index is 0.0111. The molecular formula is C26H29N9O6. The molecule has 0 spiro atoms. The number of carbonyl (C=O) groups is 4. The van der Waals surface area contributed by atoms with E-state index in [2.05, 4.69) is 45.9 Å². The zero-order valence-electron chi connectivity index (χ0n) is 21.7. The molecule has 4 rings (SSSR count). The molecule has 0 radical (unpaired) electrons. The van der Waals surface area contributed by atoms with Crippen LogP contribution < -0.4 is 16.0 Å². The summed E-state index contributed by atoms with van der Waals surface area (Å²) in [5, 5.41) is 17.3. The van der Waals surface area contributed by atoms with Gasteiger partial charge in [0.1, 0.15) is 24.7 Å². The summed E-state index contributed by atoms with van der Waals surface area (Å²) in [6.07, 6.45) is 7.77. The molecule has 1 aromatic carbocycles. The average Bonchev–Trinajstić information content (AvgIpc) is 3.76. The number of aromatic nitrogens is 6. The van der Waals surface area contributed by atoms with Crippen molar-refractivity contribution >= 4 is 23.9 Å². The number of imidazole rings is 3. The lowest BCUT2D eigenvalue weighted by Crippen LogP contribution is -2.57. The van der Waals surface area contributed by atoms with Gasteiger partial charge in [-0.2, -0.15) is 0 Å². The third-order valence-electron chi connectivity index (χ3n) is 6.01. The predicted molar refractivity (Wildman–Crippen MR) is 142 cm³/mol. The first-order valence-electron chi connectivity index (χ1n) is 12.6. The van der Waals surface area contributed by atoms with Gasteiger partial charge in [-0.25, -0.2) is 24.5 Å². The fourth-order valence-electron chi connectivity index (χ4n) is 3.92. The number of hydrogen-bond acceptors (Lipinski definition) is 8. The fourth-order valence-corrected chi connectivity index (χ4v) is 3.92. The number of aromatic amines is 3.